The molecule has 0 heterocycles. The summed E-state index contributed by atoms with van der Waals surface area (Å²) in [6.45, 7) is 0.901. The van der Waals surface area contributed by atoms with E-state index in [-0.39, 0.29) is 11.6 Å². The van der Waals surface area contributed by atoms with E-state index in [0.29, 0.717) is 31.1 Å². The first-order chi connectivity index (χ1) is 10.2. The van der Waals surface area contributed by atoms with Crippen LogP contribution in [0.25, 0.3) is 0 Å². The number of nitrogens with one attached hydrogen (secondary N) is 2. The van der Waals surface area contributed by atoms with Crippen LogP contribution in [0.15, 0.2) is 36.4 Å². The number of hydrogen-bond acceptors (Lipinski definition) is 4. The van der Waals surface area contributed by atoms with E-state index in [1.165, 1.54) is 6.07 Å². The van der Waals surface area contributed by atoms with Crippen molar-refractivity contribution in [2.75, 3.05) is 18.4 Å². The zero-order valence-electron chi connectivity index (χ0n) is 11.7. The normalized spacial score (nSPS) is 16.7. The number of nitro groups is 1. The summed E-state index contributed by atoms with van der Waals surface area (Å²) in [6, 6.07) is 6.47. The van der Waals surface area contributed by atoms with Gasteiger partial charge in [-0.2, -0.15) is 0 Å². The van der Waals surface area contributed by atoms with E-state index < -0.39 is 4.92 Å². The van der Waals surface area contributed by atoms with E-state index in [2.05, 4.69) is 22.8 Å². The highest BCUT2D eigenvalue weighted by Crippen LogP contribution is 2.22. The molecule has 6 nitrogen and oxygen atoms in total. The molecule has 0 saturated carbocycles. The van der Waals surface area contributed by atoms with Crippen molar-refractivity contribution in [3.63, 3.8) is 0 Å². The molecule has 1 atom stereocenters. The Labute approximate surface area is 123 Å². The van der Waals surface area contributed by atoms with Gasteiger partial charge in [-0.25, -0.2) is 0 Å². The molecule has 0 bridgehead atoms. The van der Waals surface area contributed by atoms with Crippen LogP contribution in [-0.4, -0.2) is 23.9 Å². The third kappa shape index (κ3) is 4.59. The maximum absolute atomic E-state index is 11.7. The van der Waals surface area contributed by atoms with E-state index in [4.69, 9.17) is 0 Å². The Balaban J connectivity index is 1.71. The van der Waals surface area contributed by atoms with E-state index in [1.54, 1.807) is 18.2 Å². The van der Waals surface area contributed by atoms with Crippen LogP contribution in [0, 0.1) is 16.0 Å². The molecule has 1 unspecified atom stereocenters. The van der Waals surface area contributed by atoms with Gasteiger partial charge in [0.1, 0.15) is 5.69 Å². The second-order valence-corrected chi connectivity index (χ2v) is 5.02. The number of nitrogens with zero attached hydrogens (tertiary/aromatic N) is 1. The van der Waals surface area contributed by atoms with Crippen LogP contribution in [0.5, 0.6) is 0 Å². The summed E-state index contributed by atoms with van der Waals surface area (Å²) >= 11 is 0. The van der Waals surface area contributed by atoms with Gasteiger partial charge in [-0.05, 0) is 24.8 Å². The van der Waals surface area contributed by atoms with E-state index >= 15 is 0 Å². The van der Waals surface area contributed by atoms with Crippen LogP contribution >= 0.6 is 0 Å². The molecule has 1 aromatic rings. The Morgan fingerprint density at radius 2 is 2.14 bits per heavy atom. The summed E-state index contributed by atoms with van der Waals surface area (Å²) in [5.74, 6) is 0.379. The zero-order valence-corrected chi connectivity index (χ0v) is 11.7. The van der Waals surface area contributed by atoms with E-state index in [9.17, 15) is 14.9 Å². The molecule has 1 amide bonds. The number of nitro benzene ring substituents is 1. The smallest absolute Gasteiger partial charge is 0.292 e. The highest BCUT2D eigenvalue weighted by atomic mass is 16.6. The number of hydrogen-bond donors (Lipinski definition) is 2. The lowest BCUT2D eigenvalue weighted by Gasteiger charge is -2.10. The molecule has 0 aliphatic heterocycles. The maximum Gasteiger partial charge on any atom is 0.292 e. The number of carbonyl (C=O) groups excluding carboxylic acids is 1. The van der Waals surface area contributed by atoms with Crippen molar-refractivity contribution in [1.29, 1.82) is 0 Å². The molecule has 21 heavy (non-hydrogen) atoms. The minimum Gasteiger partial charge on any atom is -0.378 e. The van der Waals surface area contributed by atoms with Crippen molar-refractivity contribution in [2.24, 2.45) is 5.92 Å². The minimum absolute atomic E-state index is 0.0240. The largest absolute Gasteiger partial charge is 0.378 e. The highest BCUT2D eigenvalue weighted by molar-refractivity contribution is 5.76. The lowest BCUT2D eigenvalue weighted by molar-refractivity contribution is -0.384. The zero-order chi connectivity index (χ0) is 15.1. The predicted octanol–water partition coefficient (Wildman–Crippen LogP) is 2.48. The maximum atomic E-state index is 11.7. The standard InChI is InChI=1S/C15H19N3O3/c19-15(11-12-5-1-2-6-12)17-10-9-16-13-7-3-4-8-14(13)18(20)21/h1,3-5,7-8,12,16H,2,6,9-11H2,(H,17,19). The quantitative estimate of drug-likeness (QED) is 0.349. The van der Waals surface area contributed by atoms with Crippen molar-refractivity contribution in [3.05, 3.63) is 46.5 Å². The van der Waals surface area contributed by atoms with Crippen molar-refractivity contribution in [1.82, 2.24) is 5.32 Å². The number of para-hydroxylation sites is 2. The van der Waals surface area contributed by atoms with Crippen molar-refractivity contribution in [2.45, 2.75) is 19.3 Å². The fourth-order valence-corrected chi connectivity index (χ4v) is 2.36. The Hall–Kier alpha value is -2.37. The van der Waals surface area contributed by atoms with Gasteiger partial charge < -0.3 is 10.6 Å². The average molecular weight is 289 g/mol. The molecule has 2 rings (SSSR count). The first kappa shape index (κ1) is 15.0. The Morgan fingerprint density at radius 1 is 1.33 bits per heavy atom. The average Bonchev–Trinajstić information content (AvgIpc) is 2.96. The Kier molecular flexibility index (Phi) is 5.31. The van der Waals surface area contributed by atoms with Crippen LogP contribution in [0.1, 0.15) is 19.3 Å². The highest BCUT2D eigenvalue weighted by Gasteiger charge is 2.14. The van der Waals surface area contributed by atoms with Crippen LogP contribution < -0.4 is 10.6 Å². The molecule has 2 N–H and O–H groups in total. The fourth-order valence-electron chi connectivity index (χ4n) is 2.36. The van der Waals surface area contributed by atoms with Crippen LogP contribution in [0.2, 0.25) is 0 Å². The van der Waals surface area contributed by atoms with Gasteiger partial charge in [0.25, 0.3) is 5.69 Å². The molecule has 112 valence electrons. The van der Waals surface area contributed by atoms with Gasteiger partial charge in [0.15, 0.2) is 0 Å². The van der Waals surface area contributed by atoms with Gasteiger partial charge in [-0.15, -0.1) is 0 Å². The number of benzene rings is 1. The molecule has 0 fully saturated rings. The van der Waals surface area contributed by atoms with Crippen LogP contribution in [-0.2, 0) is 4.79 Å². The summed E-state index contributed by atoms with van der Waals surface area (Å²) in [7, 11) is 0. The van der Waals surface area contributed by atoms with Crippen molar-refractivity contribution in [3.8, 4) is 0 Å². The molecule has 6 heteroatoms. The topological polar surface area (TPSA) is 84.3 Å². The second kappa shape index (κ2) is 7.42. The lowest BCUT2D eigenvalue weighted by atomic mass is 10.1. The molecule has 0 radical (unpaired) electrons. The second-order valence-electron chi connectivity index (χ2n) is 5.02. The van der Waals surface area contributed by atoms with Gasteiger partial charge in [-0.3, -0.25) is 14.9 Å². The molecule has 0 spiro atoms. The lowest BCUT2D eigenvalue weighted by Crippen LogP contribution is -2.29. The number of amides is 1. The third-order valence-corrected chi connectivity index (χ3v) is 3.42. The molecule has 1 aliphatic carbocycles. The summed E-state index contributed by atoms with van der Waals surface area (Å²) in [6.07, 6.45) is 6.81. The summed E-state index contributed by atoms with van der Waals surface area (Å²) in [4.78, 5) is 22.1. The van der Waals surface area contributed by atoms with Gasteiger partial charge in [0.2, 0.25) is 5.91 Å². The SMILES string of the molecule is O=C(CC1C=CCC1)NCCNc1ccccc1[N+](=O)[O-]. The first-order valence-electron chi connectivity index (χ1n) is 7.07. The molecular formula is C15H19N3O3. The number of rotatable bonds is 7. The molecule has 0 aromatic heterocycles. The summed E-state index contributed by atoms with van der Waals surface area (Å²) in [5.41, 5.74) is 0.510. The monoisotopic (exact) mass is 289 g/mol. The van der Waals surface area contributed by atoms with E-state index in [0.717, 1.165) is 12.8 Å². The van der Waals surface area contributed by atoms with Gasteiger partial charge in [0.05, 0.1) is 4.92 Å². The van der Waals surface area contributed by atoms with Crippen molar-refractivity contribution < 1.29 is 9.72 Å². The van der Waals surface area contributed by atoms with Crippen molar-refractivity contribution >= 4 is 17.3 Å². The fraction of sp³-hybridized carbons (Fsp3) is 0.400. The first-order valence-corrected chi connectivity index (χ1v) is 7.07. The third-order valence-electron chi connectivity index (χ3n) is 3.42. The van der Waals surface area contributed by atoms with Crippen LogP contribution in [0.3, 0.4) is 0 Å². The molecular weight excluding hydrogens is 270 g/mol. The minimum atomic E-state index is -0.423. The number of carbonyl (C=O) groups is 1. The number of allylic oxidation sites excluding steroid dienone is 2. The van der Waals surface area contributed by atoms with Gasteiger partial charge in [0, 0.05) is 25.6 Å². The van der Waals surface area contributed by atoms with Gasteiger partial charge in [-0.1, -0.05) is 24.3 Å². The van der Waals surface area contributed by atoms with Gasteiger partial charge >= 0.3 is 0 Å². The summed E-state index contributed by atoms with van der Waals surface area (Å²) < 4.78 is 0. The van der Waals surface area contributed by atoms with E-state index in [1.807, 2.05) is 0 Å². The molecule has 1 aromatic carbocycles. The Bertz CT molecular complexity index is 543. The van der Waals surface area contributed by atoms with Crippen LogP contribution in [0.4, 0.5) is 11.4 Å². The summed E-state index contributed by atoms with van der Waals surface area (Å²) in [5, 5.41) is 16.6. The number of anilines is 1. The molecule has 1 aliphatic rings. The predicted molar refractivity (Wildman–Crippen MR) is 81.1 cm³/mol. The molecule has 0 saturated heterocycles. The Morgan fingerprint density at radius 3 is 2.86 bits per heavy atom.